The van der Waals surface area contributed by atoms with Crippen molar-refractivity contribution in [3.63, 3.8) is 0 Å². The fraction of sp³-hybridized carbons (Fsp3) is 0.321. The minimum Gasteiger partial charge on any atom is -0.491 e. The third-order valence-electron chi connectivity index (χ3n) is 6.10. The zero-order valence-electron chi connectivity index (χ0n) is 24.3. The predicted molar refractivity (Wildman–Crippen MR) is 167 cm³/mol. The topological polar surface area (TPSA) is 198 Å². The van der Waals surface area contributed by atoms with E-state index >= 15 is 0 Å². The maximum atomic E-state index is 8.36. The van der Waals surface area contributed by atoms with Crippen molar-refractivity contribution in [2.24, 2.45) is 0 Å². The summed E-state index contributed by atoms with van der Waals surface area (Å²) in [7, 11) is 0. The van der Waals surface area contributed by atoms with Crippen LogP contribution in [0, 0.1) is 20.2 Å². The molecular weight excluding hydrogens is 667 g/mol. The zero-order valence-corrected chi connectivity index (χ0v) is 26.7. The molecule has 2 unspecified atom stereocenters. The molecular formula is C28H30Cl2N6O9S. The lowest BCUT2D eigenvalue weighted by Gasteiger charge is -2.30. The van der Waals surface area contributed by atoms with E-state index in [0.717, 1.165) is 40.8 Å². The number of nitrogens with zero attached hydrogens (tertiary/aromatic N) is 6. The molecule has 5 rings (SSSR count). The summed E-state index contributed by atoms with van der Waals surface area (Å²) < 4.78 is 20.7. The van der Waals surface area contributed by atoms with Gasteiger partial charge in [-0.05, 0) is 48.9 Å². The molecule has 1 fully saturated rings. The Balaban J connectivity index is 0.000000647. The molecule has 0 saturated carbocycles. The Morgan fingerprint density at radius 3 is 2.46 bits per heavy atom. The van der Waals surface area contributed by atoms with E-state index in [0.29, 0.717) is 35.4 Å². The molecule has 2 aromatic carbocycles. The van der Waals surface area contributed by atoms with Gasteiger partial charge in [-0.2, -0.15) is 0 Å². The summed E-state index contributed by atoms with van der Waals surface area (Å²) in [6, 6.07) is 15.1. The molecule has 3 heterocycles. The van der Waals surface area contributed by atoms with Gasteiger partial charge < -0.3 is 29.2 Å². The zero-order chi connectivity index (χ0) is 33.5. The summed E-state index contributed by atoms with van der Waals surface area (Å²) in [4.78, 5) is 29.9. The number of hydrogen-bond donors (Lipinski definition) is 2. The van der Waals surface area contributed by atoms with E-state index in [2.05, 4.69) is 16.9 Å². The van der Waals surface area contributed by atoms with E-state index in [4.69, 9.17) is 73.0 Å². The van der Waals surface area contributed by atoms with Crippen LogP contribution in [0.4, 0.5) is 0 Å². The lowest BCUT2D eigenvalue weighted by molar-refractivity contribution is -0.742. The summed E-state index contributed by atoms with van der Waals surface area (Å²) in [6.07, 6.45) is 9.10. The molecule has 15 nitrogen and oxygen atoms in total. The third-order valence-corrected chi connectivity index (χ3v) is 7.59. The molecule has 2 aromatic heterocycles. The Hall–Kier alpha value is -4.22. The highest BCUT2D eigenvalue weighted by atomic mass is 35.5. The lowest BCUT2D eigenvalue weighted by atomic mass is 10.1. The van der Waals surface area contributed by atoms with Gasteiger partial charge in [-0.1, -0.05) is 54.4 Å². The van der Waals surface area contributed by atoms with E-state index in [1.165, 1.54) is 0 Å². The normalized spacial score (nSPS) is 16.8. The average Bonchev–Trinajstić information content (AvgIpc) is 3.67. The molecule has 2 atom stereocenters. The largest absolute Gasteiger partial charge is 0.491 e. The van der Waals surface area contributed by atoms with Crippen molar-refractivity contribution in [1.82, 2.24) is 19.5 Å². The number of hydrogen-bond acceptors (Lipinski definition) is 11. The minimum atomic E-state index is -1.50. The van der Waals surface area contributed by atoms with Gasteiger partial charge in [-0.15, -0.1) is 20.2 Å². The van der Waals surface area contributed by atoms with Gasteiger partial charge in [0.25, 0.3) is 10.2 Å². The van der Waals surface area contributed by atoms with Crippen molar-refractivity contribution in [3.05, 3.63) is 109 Å². The molecule has 246 valence electrons. The molecule has 2 N–H and O–H groups in total. The van der Waals surface area contributed by atoms with Gasteiger partial charge in [-0.3, -0.25) is 0 Å². The standard InChI is InChI=1S/C28H28Cl2N4O3S.2HNO3/c1-2-3-14-38-27-32-11-10-26(33-27)20-4-7-22(8-5-20)35-16-23-17-36-28(37-23,18-34-13-12-31-19-34)24-9-6-21(29)15-25(24)30;2*2-1(3)4/h4-13,15,19,23H,2-3,14,16-18H2,1H3;2*(H,2,3,4). The molecule has 4 aromatic rings. The molecule has 46 heavy (non-hydrogen) atoms. The average molecular weight is 698 g/mol. The molecule has 0 radical (unpaired) electrons. The monoisotopic (exact) mass is 696 g/mol. The highest BCUT2D eigenvalue weighted by Gasteiger charge is 2.45. The Kier molecular flexibility index (Phi) is 14.2. The first kappa shape index (κ1) is 36.3. The van der Waals surface area contributed by atoms with Gasteiger partial charge in [0.15, 0.2) is 5.16 Å². The first-order valence-electron chi connectivity index (χ1n) is 13.6. The van der Waals surface area contributed by atoms with Gasteiger partial charge in [0.2, 0.25) is 5.79 Å². The Bertz CT molecular complexity index is 1530. The Morgan fingerprint density at radius 2 is 1.83 bits per heavy atom. The maximum absolute atomic E-state index is 8.36. The molecule has 1 saturated heterocycles. The fourth-order valence-electron chi connectivity index (χ4n) is 4.17. The van der Waals surface area contributed by atoms with Gasteiger partial charge in [0.1, 0.15) is 18.5 Å². The molecule has 1 aliphatic rings. The summed E-state index contributed by atoms with van der Waals surface area (Å²) in [5, 5.41) is 29.1. The second-order valence-corrected chi connectivity index (χ2v) is 11.3. The van der Waals surface area contributed by atoms with Crippen LogP contribution >= 0.6 is 35.0 Å². The first-order chi connectivity index (χ1) is 22.0. The van der Waals surface area contributed by atoms with Crippen LogP contribution in [0.3, 0.4) is 0 Å². The molecule has 0 bridgehead atoms. The number of aromatic nitrogens is 4. The van der Waals surface area contributed by atoms with E-state index in [9.17, 15) is 0 Å². The summed E-state index contributed by atoms with van der Waals surface area (Å²) in [5.41, 5.74) is 2.61. The van der Waals surface area contributed by atoms with Gasteiger partial charge in [0.05, 0.1) is 30.2 Å². The third kappa shape index (κ3) is 11.6. The summed E-state index contributed by atoms with van der Waals surface area (Å²) in [6.45, 7) is 3.24. The fourth-order valence-corrected chi connectivity index (χ4v) is 5.63. The number of unbranched alkanes of at least 4 members (excludes halogenated alkanes) is 1. The summed E-state index contributed by atoms with van der Waals surface area (Å²) in [5.74, 6) is 0.675. The van der Waals surface area contributed by atoms with E-state index in [1.807, 2.05) is 47.2 Å². The highest BCUT2D eigenvalue weighted by Crippen LogP contribution is 2.40. The molecule has 0 aliphatic carbocycles. The van der Waals surface area contributed by atoms with Gasteiger partial charge in [-0.25, -0.2) is 15.0 Å². The quantitative estimate of drug-likeness (QED) is 0.0592. The Morgan fingerprint density at radius 1 is 1.11 bits per heavy atom. The van der Waals surface area contributed by atoms with Crippen molar-refractivity contribution >= 4 is 35.0 Å². The second-order valence-electron chi connectivity index (χ2n) is 9.40. The van der Waals surface area contributed by atoms with Gasteiger partial charge in [0, 0.05) is 40.5 Å². The number of imidazole rings is 1. The maximum Gasteiger partial charge on any atom is 0.291 e. The molecule has 1 aliphatic heterocycles. The number of thioether (sulfide) groups is 1. The predicted octanol–water partition coefficient (Wildman–Crippen LogP) is 6.19. The number of rotatable bonds is 11. The van der Waals surface area contributed by atoms with Crippen molar-refractivity contribution < 1.29 is 34.8 Å². The molecule has 0 spiro atoms. The van der Waals surface area contributed by atoms with E-state index in [1.54, 1.807) is 42.6 Å². The number of halogens is 2. The smallest absolute Gasteiger partial charge is 0.291 e. The molecule has 0 amide bonds. The van der Waals surface area contributed by atoms with Crippen molar-refractivity contribution in [1.29, 1.82) is 0 Å². The Labute approximate surface area is 277 Å². The van der Waals surface area contributed by atoms with Gasteiger partial charge >= 0.3 is 0 Å². The van der Waals surface area contributed by atoms with Crippen molar-refractivity contribution in [3.8, 4) is 17.0 Å². The highest BCUT2D eigenvalue weighted by molar-refractivity contribution is 7.99. The van der Waals surface area contributed by atoms with Crippen LogP contribution in [0.5, 0.6) is 5.75 Å². The van der Waals surface area contributed by atoms with Crippen molar-refractivity contribution in [2.45, 2.75) is 43.4 Å². The van der Waals surface area contributed by atoms with Crippen LogP contribution in [0.2, 0.25) is 10.0 Å². The van der Waals surface area contributed by atoms with Crippen LogP contribution in [0.15, 0.2) is 78.6 Å². The van der Waals surface area contributed by atoms with Crippen LogP contribution in [-0.4, -0.2) is 65.2 Å². The molecule has 18 heteroatoms. The minimum absolute atomic E-state index is 0.297. The summed E-state index contributed by atoms with van der Waals surface area (Å²) >= 11 is 14.4. The van der Waals surface area contributed by atoms with Crippen molar-refractivity contribution in [2.75, 3.05) is 19.0 Å². The SMILES string of the molecule is CCCCSc1nccc(-c2ccc(OCC3COC(Cn4ccnc4)(c4ccc(Cl)cc4Cl)O3)cc2)n1.O=[N+]([O-])O.O=[N+]([O-])O. The van der Waals surface area contributed by atoms with E-state index < -0.39 is 16.0 Å². The van der Waals surface area contributed by atoms with E-state index in [-0.39, 0.29) is 6.10 Å². The van der Waals surface area contributed by atoms with Crippen LogP contribution in [-0.2, 0) is 21.8 Å². The van der Waals surface area contributed by atoms with Crippen LogP contribution < -0.4 is 4.74 Å². The van der Waals surface area contributed by atoms with Crippen LogP contribution in [0.25, 0.3) is 11.3 Å². The second kappa shape index (κ2) is 18.1. The van der Waals surface area contributed by atoms with Crippen LogP contribution in [0.1, 0.15) is 25.3 Å². The number of ether oxygens (including phenoxy) is 3. The first-order valence-corrected chi connectivity index (χ1v) is 15.3. The lowest BCUT2D eigenvalue weighted by Crippen LogP contribution is -2.34. The number of benzene rings is 2.